The Balaban J connectivity index is 1.43. The molecule has 43 heavy (non-hydrogen) atoms. The fourth-order valence-electron chi connectivity index (χ4n) is 4.17. The fourth-order valence-corrected chi connectivity index (χ4v) is 5.34. The predicted octanol–water partition coefficient (Wildman–Crippen LogP) is 4.76. The number of carbonyl (C=O) groups excluding carboxylic acids is 4. The number of benzene rings is 2. The highest BCUT2D eigenvalue weighted by atomic mass is 32.2. The molecule has 1 unspecified atom stereocenters. The summed E-state index contributed by atoms with van der Waals surface area (Å²) in [4.78, 5) is 55.3. The molecular formula is C29H22F3N3O7S. The fraction of sp³-hybridized carbons (Fsp3) is 0.241. The average Bonchev–Trinajstić information content (AvgIpc) is 3.26. The van der Waals surface area contributed by atoms with Gasteiger partial charge in [-0.2, -0.15) is 18.4 Å². The number of nitrogens with zero attached hydrogens (tertiary/aromatic N) is 3. The second kappa shape index (κ2) is 12.5. The first-order chi connectivity index (χ1) is 20.4. The summed E-state index contributed by atoms with van der Waals surface area (Å²) in [5, 5.41) is 8.01. The number of ether oxygens (including phenoxy) is 3. The molecule has 0 bridgehead atoms. The van der Waals surface area contributed by atoms with Gasteiger partial charge in [0.25, 0.3) is 0 Å². The van der Waals surface area contributed by atoms with Gasteiger partial charge in [-0.25, -0.2) is 14.7 Å². The lowest BCUT2D eigenvalue weighted by Crippen LogP contribution is -2.31. The summed E-state index contributed by atoms with van der Waals surface area (Å²) in [6.07, 6.45) is -5.11. The number of thioether (sulfide) groups is 1. The van der Waals surface area contributed by atoms with Gasteiger partial charge in [0.05, 0.1) is 36.3 Å². The Morgan fingerprint density at radius 3 is 2.30 bits per heavy atom. The number of carbonyl (C=O) groups is 4. The van der Waals surface area contributed by atoms with Crippen LogP contribution in [0.5, 0.6) is 11.5 Å². The molecule has 1 saturated heterocycles. The number of anilines is 1. The first-order valence-corrected chi connectivity index (χ1v) is 13.3. The van der Waals surface area contributed by atoms with E-state index in [4.69, 9.17) is 14.2 Å². The van der Waals surface area contributed by atoms with Crippen LogP contribution in [-0.4, -0.2) is 54.6 Å². The molecule has 1 aliphatic rings. The van der Waals surface area contributed by atoms with E-state index in [1.54, 1.807) is 6.07 Å². The number of alkyl halides is 3. The van der Waals surface area contributed by atoms with E-state index in [-0.39, 0.29) is 39.4 Å². The number of rotatable bonds is 9. The van der Waals surface area contributed by atoms with Gasteiger partial charge in [-0.3, -0.25) is 14.4 Å². The molecule has 2 heterocycles. The zero-order valence-corrected chi connectivity index (χ0v) is 23.7. The van der Waals surface area contributed by atoms with Gasteiger partial charge < -0.3 is 14.2 Å². The topological polar surface area (TPSA) is 136 Å². The summed E-state index contributed by atoms with van der Waals surface area (Å²) in [7, 11) is 2.86. The number of hydrogen-bond donors (Lipinski definition) is 0. The Bertz CT molecular complexity index is 1650. The van der Waals surface area contributed by atoms with Crippen molar-refractivity contribution in [3.63, 3.8) is 0 Å². The maximum atomic E-state index is 13.3. The summed E-state index contributed by atoms with van der Waals surface area (Å²) in [6.45, 7) is 0.762. The number of Topliss-reactive ketones (excluding diaryl/α,β-unsaturated/α-hetero) is 1. The minimum atomic E-state index is -4.77. The van der Waals surface area contributed by atoms with Crippen LogP contribution in [0, 0.1) is 18.3 Å². The number of hydrogen-bond acceptors (Lipinski definition) is 10. The molecule has 4 rings (SSSR count). The van der Waals surface area contributed by atoms with Crippen molar-refractivity contribution >= 4 is 41.0 Å². The lowest BCUT2D eigenvalue weighted by atomic mass is 10.1. The molecule has 1 aromatic heterocycles. The number of esters is 1. The summed E-state index contributed by atoms with van der Waals surface area (Å²) in [5.74, 6) is -1.92. The van der Waals surface area contributed by atoms with Gasteiger partial charge in [0.15, 0.2) is 23.9 Å². The molecule has 0 radical (unpaired) electrons. The SMILES string of the molecule is COc1ccc(C(=O)COC(=O)c2ccc(N3C(=O)CC(Sc4nc(C(F)(F)F)cc(C)c4C#N)C3=O)cc2)cc1OC. The van der Waals surface area contributed by atoms with Crippen LogP contribution in [0.3, 0.4) is 0 Å². The van der Waals surface area contributed by atoms with Crippen molar-refractivity contribution in [3.8, 4) is 17.6 Å². The Kier molecular flexibility index (Phi) is 9.05. The largest absolute Gasteiger partial charge is 0.493 e. The summed E-state index contributed by atoms with van der Waals surface area (Å²) in [5.41, 5.74) is -0.913. The number of imide groups is 1. The van der Waals surface area contributed by atoms with Gasteiger partial charge in [0.2, 0.25) is 11.8 Å². The van der Waals surface area contributed by atoms with Crippen molar-refractivity contribution in [2.45, 2.75) is 29.8 Å². The predicted molar refractivity (Wildman–Crippen MR) is 146 cm³/mol. The second-order valence-electron chi connectivity index (χ2n) is 9.11. The number of aromatic nitrogens is 1. The van der Waals surface area contributed by atoms with E-state index in [0.717, 1.165) is 11.0 Å². The van der Waals surface area contributed by atoms with Gasteiger partial charge in [0.1, 0.15) is 16.8 Å². The van der Waals surface area contributed by atoms with Gasteiger partial charge in [0, 0.05) is 12.0 Å². The minimum absolute atomic E-state index is 0.0360. The highest BCUT2D eigenvalue weighted by Gasteiger charge is 2.42. The molecular weight excluding hydrogens is 591 g/mol. The number of amides is 2. The minimum Gasteiger partial charge on any atom is -0.493 e. The number of methoxy groups -OCH3 is 2. The van der Waals surface area contributed by atoms with E-state index in [2.05, 4.69) is 4.98 Å². The van der Waals surface area contributed by atoms with Crippen molar-refractivity contribution in [3.05, 3.63) is 76.5 Å². The van der Waals surface area contributed by atoms with E-state index in [9.17, 15) is 37.6 Å². The third kappa shape index (κ3) is 6.62. The van der Waals surface area contributed by atoms with Crippen molar-refractivity contribution in [1.82, 2.24) is 4.98 Å². The molecule has 10 nitrogen and oxygen atoms in total. The lowest BCUT2D eigenvalue weighted by Gasteiger charge is -2.16. The van der Waals surface area contributed by atoms with Crippen LogP contribution < -0.4 is 14.4 Å². The van der Waals surface area contributed by atoms with E-state index < -0.39 is 47.3 Å². The molecule has 222 valence electrons. The van der Waals surface area contributed by atoms with Crippen molar-refractivity contribution in [2.24, 2.45) is 0 Å². The van der Waals surface area contributed by atoms with Gasteiger partial charge in [-0.1, -0.05) is 11.8 Å². The van der Waals surface area contributed by atoms with E-state index in [1.165, 1.54) is 63.6 Å². The zero-order valence-electron chi connectivity index (χ0n) is 22.9. The Hall–Kier alpha value is -4.90. The molecule has 2 amide bonds. The molecule has 1 atom stereocenters. The Morgan fingerprint density at radius 1 is 1.05 bits per heavy atom. The van der Waals surface area contributed by atoms with Crippen LogP contribution in [0.25, 0.3) is 0 Å². The van der Waals surface area contributed by atoms with Crippen LogP contribution in [-0.2, 0) is 20.5 Å². The van der Waals surface area contributed by atoms with Crippen LogP contribution >= 0.6 is 11.8 Å². The maximum Gasteiger partial charge on any atom is 0.433 e. The summed E-state index contributed by atoms with van der Waals surface area (Å²) >= 11 is 0.610. The maximum absolute atomic E-state index is 13.3. The van der Waals surface area contributed by atoms with Gasteiger partial charge >= 0.3 is 12.1 Å². The van der Waals surface area contributed by atoms with Gasteiger partial charge in [-0.05, 0) is 61.0 Å². The molecule has 0 spiro atoms. The zero-order chi connectivity index (χ0) is 31.5. The Labute approximate surface area is 247 Å². The number of pyridine rings is 1. The first kappa shape index (κ1) is 31.0. The third-order valence-electron chi connectivity index (χ3n) is 6.35. The normalized spacial score (nSPS) is 14.8. The monoisotopic (exact) mass is 613 g/mol. The van der Waals surface area contributed by atoms with E-state index in [0.29, 0.717) is 23.3 Å². The molecule has 2 aromatic carbocycles. The number of nitriles is 1. The molecule has 14 heteroatoms. The standard InChI is InChI=1S/C29H22F3N3O7S/c1-15-10-24(29(30,31)32)34-26(19(15)13-33)43-23-12-25(37)35(27(23)38)18-7-4-16(5-8-18)28(39)42-14-20(36)17-6-9-21(40-2)22(11-17)41-3/h4-11,23H,12,14H2,1-3H3. The van der Waals surface area contributed by atoms with Crippen molar-refractivity contribution in [2.75, 3.05) is 25.7 Å². The van der Waals surface area contributed by atoms with E-state index in [1.807, 2.05) is 0 Å². The molecule has 1 fully saturated rings. The summed E-state index contributed by atoms with van der Waals surface area (Å²) in [6, 6.07) is 12.3. The third-order valence-corrected chi connectivity index (χ3v) is 7.52. The van der Waals surface area contributed by atoms with Crippen molar-refractivity contribution in [1.29, 1.82) is 5.26 Å². The number of aryl methyl sites for hydroxylation is 1. The Morgan fingerprint density at radius 2 is 1.70 bits per heavy atom. The molecule has 0 saturated carbocycles. The molecule has 3 aromatic rings. The molecule has 0 N–H and O–H groups in total. The quantitative estimate of drug-likeness (QED) is 0.189. The smallest absolute Gasteiger partial charge is 0.433 e. The highest BCUT2D eigenvalue weighted by Crippen LogP contribution is 2.38. The number of ketones is 1. The lowest BCUT2D eigenvalue weighted by molar-refractivity contribution is -0.141. The number of halogens is 3. The van der Waals surface area contributed by atoms with E-state index >= 15 is 0 Å². The average molecular weight is 614 g/mol. The van der Waals surface area contributed by atoms with Crippen molar-refractivity contribution < 1.29 is 46.6 Å². The first-order valence-electron chi connectivity index (χ1n) is 12.4. The highest BCUT2D eigenvalue weighted by molar-refractivity contribution is 8.00. The van der Waals surface area contributed by atoms with Crippen LogP contribution in [0.1, 0.15) is 44.0 Å². The molecule has 1 aliphatic heterocycles. The molecule has 0 aliphatic carbocycles. The second-order valence-corrected chi connectivity index (χ2v) is 10.3. The van der Waals surface area contributed by atoms with Crippen LogP contribution in [0.4, 0.5) is 18.9 Å². The summed E-state index contributed by atoms with van der Waals surface area (Å²) < 4.78 is 55.3. The van der Waals surface area contributed by atoms with Crippen LogP contribution in [0.2, 0.25) is 0 Å². The van der Waals surface area contributed by atoms with Crippen LogP contribution in [0.15, 0.2) is 53.6 Å². The van der Waals surface area contributed by atoms with Gasteiger partial charge in [-0.15, -0.1) is 0 Å².